The second kappa shape index (κ2) is 10.3. The molecule has 1 heterocycles. The molecule has 2 N–H and O–H groups in total. The summed E-state index contributed by atoms with van der Waals surface area (Å²) in [6, 6.07) is 36.6. The van der Waals surface area contributed by atoms with Gasteiger partial charge < -0.3 is 20.4 Å². The van der Waals surface area contributed by atoms with Crippen LogP contribution in [0.1, 0.15) is 15.9 Å². The highest BCUT2D eigenvalue weighted by molar-refractivity contribution is 5.94. The van der Waals surface area contributed by atoms with Crippen LogP contribution >= 0.6 is 0 Å². The number of carbonyl (C=O) groups excluding carboxylic acids is 1. The number of rotatable bonds is 6. The Bertz CT molecular complexity index is 1250. The van der Waals surface area contributed by atoms with E-state index in [4.69, 9.17) is 5.73 Å². The molecule has 4 aromatic carbocycles. The van der Waals surface area contributed by atoms with E-state index < -0.39 is 0 Å². The Kier molecular flexibility index (Phi) is 6.66. The number of anilines is 4. The van der Waals surface area contributed by atoms with Gasteiger partial charge in [-0.25, -0.2) is 0 Å². The second-order valence-electron chi connectivity index (χ2n) is 8.80. The number of carbonyl (C=O) groups is 1. The lowest BCUT2D eigenvalue weighted by Gasteiger charge is -2.37. The fraction of sp³-hybridized carbons (Fsp3) is 0.167. The van der Waals surface area contributed by atoms with Gasteiger partial charge in [-0.05, 0) is 48.0 Å². The lowest BCUT2D eigenvalue weighted by molar-refractivity contribution is 0.0747. The number of amides is 1. The van der Waals surface area contributed by atoms with Crippen LogP contribution in [0.2, 0.25) is 0 Å². The normalized spacial score (nSPS) is 13.5. The van der Waals surface area contributed by atoms with Gasteiger partial charge in [0, 0.05) is 49.7 Å². The van der Waals surface area contributed by atoms with Crippen molar-refractivity contribution in [2.45, 2.75) is 6.54 Å². The summed E-state index contributed by atoms with van der Waals surface area (Å²) in [5, 5.41) is 0. The van der Waals surface area contributed by atoms with Crippen LogP contribution in [0.25, 0.3) is 0 Å². The molecule has 35 heavy (non-hydrogen) atoms. The van der Waals surface area contributed by atoms with Crippen LogP contribution in [0, 0.1) is 0 Å². The molecule has 0 atom stereocenters. The number of para-hydroxylation sites is 1. The molecule has 1 amide bonds. The minimum Gasteiger partial charge on any atom is -0.397 e. The van der Waals surface area contributed by atoms with Crippen LogP contribution in [0.5, 0.6) is 0 Å². The van der Waals surface area contributed by atoms with Crippen molar-refractivity contribution in [1.29, 1.82) is 0 Å². The first kappa shape index (κ1) is 22.5. The Labute approximate surface area is 207 Å². The molecule has 5 heteroatoms. The van der Waals surface area contributed by atoms with E-state index in [2.05, 4.69) is 70.5 Å². The highest BCUT2D eigenvalue weighted by Gasteiger charge is 2.23. The Hall–Kier alpha value is -4.25. The van der Waals surface area contributed by atoms with Crippen LogP contribution < -0.4 is 15.5 Å². The zero-order valence-electron chi connectivity index (χ0n) is 19.8. The van der Waals surface area contributed by atoms with Crippen LogP contribution in [-0.4, -0.2) is 37.0 Å². The topological polar surface area (TPSA) is 52.8 Å². The molecule has 1 saturated heterocycles. The molecule has 0 aliphatic carbocycles. The number of benzene rings is 4. The largest absolute Gasteiger partial charge is 0.397 e. The lowest BCUT2D eigenvalue weighted by atomic mass is 10.1. The predicted octanol–water partition coefficient (Wildman–Crippen LogP) is 5.57. The maximum atomic E-state index is 12.8. The average molecular weight is 463 g/mol. The van der Waals surface area contributed by atoms with Crippen molar-refractivity contribution in [2.24, 2.45) is 0 Å². The van der Waals surface area contributed by atoms with Gasteiger partial charge >= 0.3 is 0 Å². The van der Waals surface area contributed by atoms with Gasteiger partial charge in [0.1, 0.15) is 0 Å². The number of nitrogens with two attached hydrogens (primary N) is 1. The molecule has 0 unspecified atom stereocenters. The van der Waals surface area contributed by atoms with Gasteiger partial charge in [-0.1, -0.05) is 66.7 Å². The zero-order chi connectivity index (χ0) is 24.0. The second-order valence-corrected chi connectivity index (χ2v) is 8.80. The number of piperazine rings is 1. The molecular weight excluding hydrogens is 432 g/mol. The maximum Gasteiger partial charge on any atom is 0.253 e. The van der Waals surface area contributed by atoms with Crippen molar-refractivity contribution in [3.8, 4) is 0 Å². The lowest BCUT2D eigenvalue weighted by Crippen LogP contribution is -2.48. The van der Waals surface area contributed by atoms with Gasteiger partial charge in [-0.2, -0.15) is 0 Å². The molecule has 5 rings (SSSR count). The van der Waals surface area contributed by atoms with E-state index in [1.54, 1.807) is 0 Å². The number of nitrogens with zero attached hydrogens (tertiary/aromatic N) is 3. The van der Waals surface area contributed by atoms with Crippen LogP contribution in [0.4, 0.5) is 22.7 Å². The van der Waals surface area contributed by atoms with Gasteiger partial charge in [-0.15, -0.1) is 0 Å². The van der Waals surface area contributed by atoms with E-state index in [1.807, 2.05) is 53.4 Å². The Morgan fingerprint density at radius 2 is 1.34 bits per heavy atom. The Morgan fingerprint density at radius 3 is 2.00 bits per heavy atom. The van der Waals surface area contributed by atoms with Gasteiger partial charge in [0.2, 0.25) is 0 Å². The van der Waals surface area contributed by atoms with Crippen molar-refractivity contribution in [3.63, 3.8) is 0 Å². The van der Waals surface area contributed by atoms with Gasteiger partial charge in [-0.3, -0.25) is 4.79 Å². The van der Waals surface area contributed by atoms with E-state index in [9.17, 15) is 4.79 Å². The molecule has 5 nitrogen and oxygen atoms in total. The summed E-state index contributed by atoms with van der Waals surface area (Å²) in [6.45, 7) is 3.68. The molecule has 0 saturated carbocycles. The third-order valence-corrected chi connectivity index (χ3v) is 6.51. The third kappa shape index (κ3) is 5.14. The van der Waals surface area contributed by atoms with E-state index >= 15 is 0 Å². The molecule has 1 aliphatic heterocycles. The molecule has 176 valence electrons. The minimum atomic E-state index is 0.0985. The fourth-order valence-electron chi connectivity index (χ4n) is 4.58. The van der Waals surface area contributed by atoms with E-state index in [0.717, 1.165) is 47.9 Å². The molecule has 0 radical (unpaired) electrons. The van der Waals surface area contributed by atoms with Crippen molar-refractivity contribution >= 4 is 28.7 Å². The highest BCUT2D eigenvalue weighted by atomic mass is 16.2. The summed E-state index contributed by atoms with van der Waals surface area (Å²) in [6.07, 6.45) is 0. The standard InChI is InChI=1S/C30H30N4O/c31-28-17-16-27(32-18-20-33(21-19-32)30(35)25-12-6-2-7-13-25)22-29(28)34(26-14-8-3-9-15-26)23-24-10-4-1-5-11-24/h1-17,22H,18-21,23,31H2. The number of hydrogen-bond donors (Lipinski definition) is 1. The number of nitrogen functional groups attached to an aromatic ring is 1. The number of hydrogen-bond acceptors (Lipinski definition) is 4. The molecule has 0 spiro atoms. The Morgan fingerprint density at radius 1 is 0.743 bits per heavy atom. The van der Waals surface area contributed by atoms with Crippen molar-refractivity contribution in [3.05, 3.63) is 120 Å². The maximum absolute atomic E-state index is 12.8. The van der Waals surface area contributed by atoms with Crippen LogP contribution in [0.15, 0.2) is 109 Å². The van der Waals surface area contributed by atoms with Crippen molar-refractivity contribution < 1.29 is 4.79 Å². The summed E-state index contributed by atoms with van der Waals surface area (Å²) >= 11 is 0. The van der Waals surface area contributed by atoms with Crippen LogP contribution in [0.3, 0.4) is 0 Å². The van der Waals surface area contributed by atoms with Crippen molar-refractivity contribution in [2.75, 3.05) is 41.7 Å². The first-order chi connectivity index (χ1) is 17.2. The monoisotopic (exact) mass is 462 g/mol. The first-order valence-electron chi connectivity index (χ1n) is 12.0. The van der Waals surface area contributed by atoms with E-state index in [0.29, 0.717) is 13.1 Å². The molecule has 0 aromatic heterocycles. The summed E-state index contributed by atoms with van der Waals surface area (Å²) in [7, 11) is 0. The SMILES string of the molecule is Nc1ccc(N2CCN(C(=O)c3ccccc3)CC2)cc1N(Cc1ccccc1)c1ccccc1. The molecule has 1 fully saturated rings. The van der Waals surface area contributed by atoms with E-state index in [1.165, 1.54) is 5.56 Å². The van der Waals surface area contributed by atoms with Gasteiger partial charge in [0.05, 0.1) is 11.4 Å². The molecular formula is C30H30N4O. The summed E-state index contributed by atoms with van der Waals surface area (Å²) < 4.78 is 0. The minimum absolute atomic E-state index is 0.0985. The zero-order valence-corrected chi connectivity index (χ0v) is 19.8. The summed E-state index contributed by atoms with van der Waals surface area (Å²) in [5.41, 5.74) is 12.4. The predicted molar refractivity (Wildman–Crippen MR) is 144 cm³/mol. The van der Waals surface area contributed by atoms with Crippen LogP contribution in [-0.2, 0) is 6.54 Å². The van der Waals surface area contributed by atoms with Crippen molar-refractivity contribution in [1.82, 2.24) is 4.90 Å². The van der Waals surface area contributed by atoms with Gasteiger partial charge in [0.25, 0.3) is 5.91 Å². The fourth-order valence-corrected chi connectivity index (χ4v) is 4.58. The highest BCUT2D eigenvalue weighted by Crippen LogP contribution is 2.35. The smallest absolute Gasteiger partial charge is 0.253 e. The summed E-state index contributed by atoms with van der Waals surface area (Å²) in [4.78, 5) is 19.4. The molecule has 4 aromatic rings. The van der Waals surface area contributed by atoms with E-state index in [-0.39, 0.29) is 5.91 Å². The molecule has 1 aliphatic rings. The summed E-state index contributed by atoms with van der Waals surface area (Å²) in [5.74, 6) is 0.0985. The third-order valence-electron chi connectivity index (χ3n) is 6.51. The van der Waals surface area contributed by atoms with Gasteiger partial charge in [0.15, 0.2) is 0 Å². The quantitative estimate of drug-likeness (QED) is 0.381. The molecule has 0 bridgehead atoms. The average Bonchev–Trinajstić information content (AvgIpc) is 2.93. The Balaban J connectivity index is 1.37. The first-order valence-corrected chi connectivity index (χ1v) is 12.0.